The van der Waals surface area contributed by atoms with E-state index in [0.717, 1.165) is 6.08 Å². The molecule has 1 saturated heterocycles. The topological polar surface area (TPSA) is 131 Å². The van der Waals surface area contributed by atoms with E-state index in [9.17, 15) is 18.0 Å². The van der Waals surface area contributed by atoms with E-state index in [0.29, 0.717) is 16.3 Å². The summed E-state index contributed by atoms with van der Waals surface area (Å²) in [5.41, 5.74) is 6.13. The number of nitrogens with one attached hydrogen (secondary N) is 2. The highest BCUT2D eigenvalue weighted by Crippen LogP contribution is 2.15. The molecule has 0 radical (unpaired) electrons. The van der Waals surface area contributed by atoms with Crippen molar-refractivity contribution in [1.29, 1.82) is 0 Å². The number of hydrogen-bond donors (Lipinski definition) is 3. The fraction of sp³-hybridized carbons (Fsp3) is 0. The Bertz CT molecular complexity index is 1070. The molecule has 10 heteroatoms. The Morgan fingerprint density at radius 1 is 1.04 bits per heavy atom. The van der Waals surface area contributed by atoms with Crippen molar-refractivity contribution in [2.24, 2.45) is 4.40 Å². The standard InChI is InChI=1S/C17H13ClN4O4S/c18-11-3-1-10(2-4-11)15(23)9-14-16(24)21-17(20-14)22-27(25,26)13-7-5-12(19)6-8-13/h1-9H,19H2,(H2,20,21,22,24)/b14-9+. The van der Waals surface area contributed by atoms with Gasteiger partial charge in [0.2, 0.25) is 5.96 Å². The third-order valence-electron chi connectivity index (χ3n) is 3.52. The van der Waals surface area contributed by atoms with Crippen molar-refractivity contribution in [3.8, 4) is 0 Å². The molecule has 2 aromatic carbocycles. The zero-order chi connectivity index (χ0) is 19.6. The first kappa shape index (κ1) is 18.6. The Morgan fingerprint density at radius 3 is 2.30 bits per heavy atom. The van der Waals surface area contributed by atoms with Gasteiger partial charge in [-0.1, -0.05) is 11.6 Å². The minimum absolute atomic E-state index is 0.0880. The number of nitrogens with two attached hydrogens (primary N) is 1. The van der Waals surface area contributed by atoms with Gasteiger partial charge in [-0.25, -0.2) is 0 Å². The first-order valence-corrected chi connectivity index (χ1v) is 9.37. The summed E-state index contributed by atoms with van der Waals surface area (Å²) in [5, 5.41) is 5.22. The normalized spacial score (nSPS) is 17.0. The molecular formula is C17H13ClN4O4S. The number of carbonyl (C=O) groups is 2. The maximum Gasteiger partial charge on any atom is 0.285 e. The number of rotatable bonds is 4. The van der Waals surface area contributed by atoms with E-state index in [-0.39, 0.29) is 16.6 Å². The van der Waals surface area contributed by atoms with Gasteiger partial charge in [0.1, 0.15) is 5.70 Å². The first-order chi connectivity index (χ1) is 12.7. The van der Waals surface area contributed by atoms with Crippen LogP contribution >= 0.6 is 11.6 Å². The number of guanidine groups is 1. The number of amides is 1. The van der Waals surface area contributed by atoms with Gasteiger partial charge in [0.25, 0.3) is 15.9 Å². The number of anilines is 1. The average molecular weight is 405 g/mol. The van der Waals surface area contributed by atoms with Crippen LogP contribution in [0.25, 0.3) is 0 Å². The number of allylic oxidation sites excluding steroid dienone is 1. The van der Waals surface area contributed by atoms with Crippen LogP contribution in [0.5, 0.6) is 0 Å². The zero-order valence-corrected chi connectivity index (χ0v) is 15.2. The summed E-state index contributed by atoms with van der Waals surface area (Å²) in [7, 11) is -4.06. The zero-order valence-electron chi connectivity index (χ0n) is 13.6. The lowest BCUT2D eigenvalue weighted by Crippen LogP contribution is -2.26. The fourth-order valence-corrected chi connectivity index (χ4v) is 3.22. The number of benzene rings is 2. The Hall–Kier alpha value is -3.17. The van der Waals surface area contributed by atoms with Crippen LogP contribution in [-0.4, -0.2) is 26.1 Å². The molecule has 0 spiro atoms. The number of hydrogen-bond acceptors (Lipinski definition) is 5. The highest BCUT2D eigenvalue weighted by molar-refractivity contribution is 7.90. The molecule has 0 unspecified atom stereocenters. The van der Waals surface area contributed by atoms with Gasteiger partial charge in [-0.05, 0) is 48.5 Å². The molecule has 4 N–H and O–H groups in total. The predicted molar refractivity (Wildman–Crippen MR) is 101 cm³/mol. The van der Waals surface area contributed by atoms with Crippen LogP contribution in [0, 0.1) is 0 Å². The monoisotopic (exact) mass is 404 g/mol. The van der Waals surface area contributed by atoms with Gasteiger partial charge >= 0.3 is 0 Å². The number of nitrogen functional groups attached to an aromatic ring is 1. The van der Waals surface area contributed by atoms with E-state index < -0.39 is 21.7 Å². The molecule has 0 aliphatic carbocycles. The summed E-state index contributed by atoms with van der Waals surface area (Å²) in [4.78, 5) is 24.1. The van der Waals surface area contributed by atoms with E-state index in [1.165, 1.54) is 36.4 Å². The van der Waals surface area contributed by atoms with Gasteiger partial charge in [0.05, 0.1) is 4.90 Å². The highest BCUT2D eigenvalue weighted by Gasteiger charge is 2.25. The van der Waals surface area contributed by atoms with Gasteiger partial charge in [-0.15, -0.1) is 4.40 Å². The molecule has 0 atom stereocenters. The number of nitrogens with zero attached hydrogens (tertiary/aromatic N) is 1. The molecule has 0 aromatic heterocycles. The molecule has 1 aliphatic heterocycles. The Balaban J connectivity index is 1.82. The Morgan fingerprint density at radius 2 is 1.67 bits per heavy atom. The van der Waals surface area contributed by atoms with Gasteiger partial charge in [0, 0.05) is 22.3 Å². The molecule has 1 aliphatic rings. The van der Waals surface area contributed by atoms with E-state index in [4.69, 9.17) is 17.3 Å². The largest absolute Gasteiger partial charge is 0.399 e. The molecular weight excluding hydrogens is 392 g/mol. The summed E-state index contributed by atoms with van der Waals surface area (Å²) in [5.74, 6) is -1.43. The smallest absolute Gasteiger partial charge is 0.285 e. The molecule has 2 aromatic rings. The maximum atomic E-state index is 12.3. The molecule has 27 heavy (non-hydrogen) atoms. The van der Waals surface area contributed by atoms with Gasteiger partial charge in [-0.3, -0.25) is 14.9 Å². The third kappa shape index (κ3) is 4.33. The summed E-state index contributed by atoms with van der Waals surface area (Å²) in [6.07, 6.45) is 1.05. The van der Waals surface area contributed by atoms with Crippen LogP contribution in [0.3, 0.4) is 0 Å². The molecule has 1 amide bonds. The molecule has 1 fully saturated rings. The van der Waals surface area contributed by atoms with E-state index in [1.54, 1.807) is 12.1 Å². The number of ketones is 1. The molecule has 138 valence electrons. The quantitative estimate of drug-likeness (QED) is 0.401. The van der Waals surface area contributed by atoms with Gasteiger partial charge < -0.3 is 11.1 Å². The van der Waals surface area contributed by atoms with Crippen LogP contribution in [0.15, 0.2) is 69.6 Å². The maximum absolute atomic E-state index is 12.3. The number of halogens is 1. The van der Waals surface area contributed by atoms with Crippen molar-refractivity contribution in [2.75, 3.05) is 5.73 Å². The SMILES string of the molecule is Nc1ccc(S(=O)(=O)N=C2NC(=O)/C(=C\C(=O)c3ccc(Cl)cc3)N2)cc1. The van der Waals surface area contributed by atoms with Crippen molar-refractivity contribution in [1.82, 2.24) is 10.6 Å². The van der Waals surface area contributed by atoms with Crippen LogP contribution < -0.4 is 16.4 Å². The van der Waals surface area contributed by atoms with Crippen LogP contribution in [0.1, 0.15) is 10.4 Å². The molecule has 0 saturated carbocycles. The average Bonchev–Trinajstić information content (AvgIpc) is 2.94. The van der Waals surface area contributed by atoms with E-state index >= 15 is 0 Å². The van der Waals surface area contributed by atoms with Crippen LogP contribution in [-0.2, 0) is 14.8 Å². The van der Waals surface area contributed by atoms with Crippen molar-refractivity contribution in [2.45, 2.75) is 4.90 Å². The van der Waals surface area contributed by atoms with Crippen LogP contribution in [0.4, 0.5) is 5.69 Å². The lowest BCUT2D eigenvalue weighted by molar-refractivity contribution is -0.115. The van der Waals surface area contributed by atoms with Crippen LogP contribution in [0.2, 0.25) is 5.02 Å². The van der Waals surface area contributed by atoms with Crippen molar-refractivity contribution in [3.05, 3.63) is 70.9 Å². The third-order valence-corrected chi connectivity index (χ3v) is 5.07. The lowest BCUT2D eigenvalue weighted by atomic mass is 10.1. The van der Waals surface area contributed by atoms with E-state index in [1.807, 2.05) is 0 Å². The van der Waals surface area contributed by atoms with E-state index in [2.05, 4.69) is 15.0 Å². The Labute approximate surface area is 159 Å². The molecule has 1 heterocycles. The van der Waals surface area contributed by atoms with Crippen molar-refractivity contribution < 1.29 is 18.0 Å². The first-order valence-electron chi connectivity index (χ1n) is 7.55. The predicted octanol–water partition coefficient (Wildman–Crippen LogP) is 1.45. The molecule has 0 bridgehead atoms. The Kier molecular flexibility index (Phi) is 4.98. The second kappa shape index (κ2) is 7.22. The summed E-state index contributed by atoms with van der Waals surface area (Å²) >= 11 is 5.77. The minimum Gasteiger partial charge on any atom is -0.399 e. The molecule has 8 nitrogen and oxygen atoms in total. The summed E-state index contributed by atoms with van der Waals surface area (Å²) < 4.78 is 28.1. The second-order valence-corrected chi connectivity index (χ2v) is 7.53. The fourth-order valence-electron chi connectivity index (χ4n) is 2.18. The van der Waals surface area contributed by atoms with Crippen molar-refractivity contribution >= 4 is 45.0 Å². The van der Waals surface area contributed by atoms with Crippen molar-refractivity contribution in [3.63, 3.8) is 0 Å². The van der Waals surface area contributed by atoms with Gasteiger partial charge in [-0.2, -0.15) is 8.42 Å². The summed E-state index contributed by atoms with van der Waals surface area (Å²) in [6.45, 7) is 0. The molecule has 3 rings (SSSR count). The number of sulfonamides is 1. The summed E-state index contributed by atoms with van der Waals surface area (Å²) in [6, 6.07) is 11.5. The van der Waals surface area contributed by atoms with Gasteiger partial charge in [0.15, 0.2) is 5.78 Å². The second-order valence-electron chi connectivity index (χ2n) is 5.49. The lowest BCUT2D eigenvalue weighted by Gasteiger charge is -2.01. The minimum atomic E-state index is -4.06. The highest BCUT2D eigenvalue weighted by atomic mass is 35.5. The number of carbonyl (C=O) groups excluding carboxylic acids is 2.